The number of pyridine rings is 1. The number of ketones is 1. The van der Waals surface area contributed by atoms with Crippen molar-refractivity contribution in [3.63, 3.8) is 0 Å². The summed E-state index contributed by atoms with van der Waals surface area (Å²) in [6.45, 7) is 0.719. The number of hydrogen-bond donors (Lipinski definition) is 1. The molecule has 1 aromatic heterocycles. The predicted octanol–water partition coefficient (Wildman–Crippen LogP) is 3.16. The number of fused-ring (bicyclic) bond motifs is 1. The predicted molar refractivity (Wildman–Crippen MR) is 123 cm³/mol. The normalized spacial score (nSPS) is 12.0. The third kappa shape index (κ3) is 4.88. The molecular weight excluding hydrogens is 440 g/mol. The molecule has 1 amide bonds. The Bertz CT molecular complexity index is 1230. The van der Waals surface area contributed by atoms with E-state index in [-0.39, 0.29) is 18.0 Å². The standard InChI is InChI=1S/C25H24N2O7/c1-30-17-12-18(15-4-7-22-24(10-15)34-9-8-33-22)27-19(13-17)20(28)14-26-25(29)16-5-6-21(31-2)23(11-16)32-3/h4-7,10-13H,8-9,14H2,1-3H3,(H,26,29). The number of nitrogens with zero attached hydrogens (tertiary/aromatic N) is 1. The van der Waals surface area contributed by atoms with Gasteiger partial charge in [-0.05, 0) is 36.4 Å². The quantitative estimate of drug-likeness (QED) is 0.507. The van der Waals surface area contributed by atoms with Crippen LogP contribution in [0.4, 0.5) is 0 Å². The molecule has 0 saturated heterocycles. The summed E-state index contributed by atoms with van der Waals surface area (Å²) >= 11 is 0. The van der Waals surface area contributed by atoms with Crippen molar-refractivity contribution in [2.45, 2.75) is 0 Å². The molecule has 9 nitrogen and oxygen atoms in total. The van der Waals surface area contributed by atoms with E-state index in [4.69, 9.17) is 23.7 Å². The summed E-state index contributed by atoms with van der Waals surface area (Å²) in [6, 6.07) is 13.5. The second kappa shape index (κ2) is 10.1. The Morgan fingerprint density at radius 3 is 2.38 bits per heavy atom. The topological polar surface area (TPSA) is 105 Å². The van der Waals surface area contributed by atoms with Gasteiger partial charge in [-0.2, -0.15) is 0 Å². The number of carbonyl (C=O) groups is 2. The van der Waals surface area contributed by atoms with Crippen LogP contribution in [0.25, 0.3) is 11.3 Å². The van der Waals surface area contributed by atoms with Gasteiger partial charge in [0, 0.05) is 23.3 Å². The lowest BCUT2D eigenvalue weighted by Gasteiger charge is -2.19. The van der Waals surface area contributed by atoms with Crippen LogP contribution in [0.1, 0.15) is 20.8 Å². The maximum atomic E-state index is 12.9. The second-order valence-corrected chi connectivity index (χ2v) is 7.31. The molecule has 1 aliphatic rings. The Kier molecular flexibility index (Phi) is 6.82. The van der Waals surface area contributed by atoms with Crippen LogP contribution in [0.5, 0.6) is 28.7 Å². The summed E-state index contributed by atoms with van der Waals surface area (Å²) in [5, 5.41) is 2.62. The monoisotopic (exact) mass is 464 g/mol. The van der Waals surface area contributed by atoms with Gasteiger partial charge >= 0.3 is 0 Å². The van der Waals surface area contributed by atoms with Crippen molar-refractivity contribution >= 4 is 11.7 Å². The van der Waals surface area contributed by atoms with Crippen molar-refractivity contribution in [3.05, 3.63) is 59.8 Å². The molecule has 2 heterocycles. The SMILES string of the molecule is COc1cc(C(=O)CNC(=O)c2ccc(OC)c(OC)c2)nc(-c2ccc3c(c2)OCCO3)c1. The van der Waals surface area contributed by atoms with E-state index in [0.29, 0.717) is 53.2 Å². The zero-order chi connectivity index (χ0) is 24.1. The Morgan fingerprint density at radius 1 is 0.882 bits per heavy atom. The van der Waals surface area contributed by atoms with Gasteiger partial charge in [0.05, 0.1) is 33.6 Å². The molecule has 2 aromatic carbocycles. The average molecular weight is 464 g/mol. The fourth-order valence-corrected chi connectivity index (χ4v) is 3.45. The van der Waals surface area contributed by atoms with Crippen molar-refractivity contribution in [1.29, 1.82) is 0 Å². The molecule has 0 saturated carbocycles. The van der Waals surface area contributed by atoms with Crippen molar-refractivity contribution in [1.82, 2.24) is 10.3 Å². The van der Waals surface area contributed by atoms with Gasteiger partial charge in [-0.3, -0.25) is 9.59 Å². The van der Waals surface area contributed by atoms with Gasteiger partial charge < -0.3 is 29.0 Å². The minimum atomic E-state index is -0.427. The molecule has 0 unspecified atom stereocenters. The van der Waals surface area contributed by atoms with Gasteiger partial charge in [-0.25, -0.2) is 4.98 Å². The van der Waals surface area contributed by atoms with Gasteiger partial charge in [0.25, 0.3) is 5.91 Å². The first kappa shape index (κ1) is 22.9. The highest BCUT2D eigenvalue weighted by Crippen LogP contribution is 2.35. The van der Waals surface area contributed by atoms with Crippen molar-refractivity contribution in [2.75, 3.05) is 41.1 Å². The molecule has 1 aliphatic heterocycles. The first-order chi connectivity index (χ1) is 16.5. The summed E-state index contributed by atoms with van der Waals surface area (Å²) in [5.74, 6) is 1.86. The first-order valence-electron chi connectivity index (χ1n) is 10.5. The van der Waals surface area contributed by atoms with E-state index in [0.717, 1.165) is 5.56 Å². The molecule has 176 valence electrons. The van der Waals surface area contributed by atoms with Gasteiger partial charge in [-0.15, -0.1) is 0 Å². The molecule has 0 spiro atoms. The molecule has 0 fully saturated rings. The number of benzene rings is 2. The number of nitrogens with one attached hydrogen (secondary N) is 1. The number of carbonyl (C=O) groups excluding carboxylic acids is 2. The van der Waals surface area contributed by atoms with Crippen LogP contribution >= 0.6 is 0 Å². The summed E-state index contributed by atoms with van der Waals surface area (Å²) in [4.78, 5) is 29.9. The van der Waals surface area contributed by atoms with E-state index in [1.165, 1.54) is 27.4 Å². The minimum absolute atomic E-state index is 0.164. The summed E-state index contributed by atoms with van der Waals surface area (Å²) in [7, 11) is 4.50. The van der Waals surface area contributed by atoms with Gasteiger partial charge in [0.15, 0.2) is 28.8 Å². The molecule has 4 rings (SSSR count). The average Bonchev–Trinajstić information content (AvgIpc) is 2.90. The fourth-order valence-electron chi connectivity index (χ4n) is 3.45. The van der Waals surface area contributed by atoms with Gasteiger partial charge in [-0.1, -0.05) is 0 Å². The maximum Gasteiger partial charge on any atom is 0.251 e. The molecule has 3 aromatic rings. The lowest BCUT2D eigenvalue weighted by atomic mass is 10.1. The lowest BCUT2D eigenvalue weighted by Crippen LogP contribution is -2.30. The Labute approximate surface area is 196 Å². The molecule has 0 radical (unpaired) electrons. The van der Waals surface area contributed by atoms with Crippen LogP contribution in [-0.4, -0.2) is 57.8 Å². The maximum absolute atomic E-state index is 12.9. The van der Waals surface area contributed by atoms with Crippen LogP contribution in [0.15, 0.2) is 48.5 Å². The van der Waals surface area contributed by atoms with Crippen molar-refractivity contribution in [3.8, 4) is 40.0 Å². The Morgan fingerprint density at radius 2 is 1.65 bits per heavy atom. The summed E-state index contributed by atoms with van der Waals surface area (Å²) < 4.78 is 27.0. The Balaban J connectivity index is 1.51. The fraction of sp³-hybridized carbons (Fsp3) is 0.240. The van der Waals surface area contributed by atoms with Crippen LogP contribution in [0.3, 0.4) is 0 Å². The van der Waals surface area contributed by atoms with E-state index < -0.39 is 5.91 Å². The Hall–Kier alpha value is -4.27. The van der Waals surface area contributed by atoms with E-state index in [1.54, 1.807) is 30.3 Å². The number of methoxy groups -OCH3 is 3. The second-order valence-electron chi connectivity index (χ2n) is 7.31. The zero-order valence-corrected chi connectivity index (χ0v) is 19.0. The van der Waals surface area contributed by atoms with Crippen LogP contribution < -0.4 is 29.0 Å². The smallest absolute Gasteiger partial charge is 0.251 e. The number of ether oxygens (including phenoxy) is 5. The van der Waals surface area contributed by atoms with Crippen molar-refractivity contribution in [2.24, 2.45) is 0 Å². The van der Waals surface area contributed by atoms with E-state index in [1.807, 2.05) is 12.1 Å². The minimum Gasteiger partial charge on any atom is -0.497 e. The van der Waals surface area contributed by atoms with Crippen molar-refractivity contribution < 1.29 is 33.3 Å². The lowest BCUT2D eigenvalue weighted by molar-refractivity contribution is 0.0902. The van der Waals surface area contributed by atoms with E-state index >= 15 is 0 Å². The first-order valence-corrected chi connectivity index (χ1v) is 10.5. The third-order valence-electron chi connectivity index (χ3n) is 5.21. The highest BCUT2D eigenvalue weighted by atomic mass is 16.6. The number of amides is 1. The van der Waals surface area contributed by atoms with Gasteiger partial charge in [0.2, 0.25) is 0 Å². The third-order valence-corrected chi connectivity index (χ3v) is 5.21. The molecule has 9 heteroatoms. The van der Waals surface area contributed by atoms with Crippen LogP contribution in [0, 0.1) is 0 Å². The summed E-state index contributed by atoms with van der Waals surface area (Å²) in [5.41, 5.74) is 1.77. The highest BCUT2D eigenvalue weighted by molar-refractivity contribution is 6.01. The molecule has 0 bridgehead atoms. The van der Waals surface area contributed by atoms with Crippen LogP contribution in [-0.2, 0) is 0 Å². The molecule has 1 N–H and O–H groups in total. The molecular formula is C25H24N2O7. The highest BCUT2D eigenvalue weighted by Gasteiger charge is 2.17. The van der Waals surface area contributed by atoms with E-state index in [2.05, 4.69) is 10.3 Å². The summed E-state index contributed by atoms with van der Waals surface area (Å²) in [6.07, 6.45) is 0. The number of Topliss-reactive ketones (excluding diaryl/α,β-unsaturated/α-hetero) is 1. The number of rotatable bonds is 8. The van der Waals surface area contributed by atoms with Crippen LogP contribution in [0.2, 0.25) is 0 Å². The van der Waals surface area contributed by atoms with Gasteiger partial charge in [0.1, 0.15) is 24.7 Å². The van der Waals surface area contributed by atoms with E-state index in [9.17, 15) is 9.59 Å². The zero-order valence-electron chi connectivity index (χ0n) is 19.0. The largest absolute Gasteiger partial charge is 0.497 e. The molecule has 34 heavy (non-hydrogen) atoms. The number of hydrogen-bond acceptors (Lipinski definition) is 8. The number of aromatic nitrogens is 1. The molecule has 0 atom stereocenters. The molecule has 0 aliphatic carbocycles.